The van der Waals surface area contributed by atoms with Gasteiger partial charge in [0.15, 0.2) is 0 Å². The Balaban J connectivity index is 1.35. The maximum Gasteiger partial charge on any atom is 0.343 e. The summed E-state index contributed by atoms with van der Waals surface area (Å²) < 4.78 is 23.1. The molecule has 246 valence electrons. The van der Waals surface area contributed by atoms with Gasteiger partial charge < -0.3 is 23.8 Å². The van der Waals surface area contributed by atoms with E-state index in [1.54, 1.807) is 48.5 Å². The average Bonchev–Trinajstić information content (AvgIpc) is 3.04. The monoisotopic (exact) mass is 629 g/mol. The van der Waals surface area contributed by atoms with Gasteiger partial charge in [0.2, 0.25) is 0 Å². The van der Waals surface area contributed by atoms with Gasteiger partial charge in [0, 0.05) is 25.9 Å². The molecule has 0 amide bonds. The lowest BCUT2D eigenvalue weighted by Gasteiger charge is -2.32. The number of hydrogen-bond acceptors (Lipinski definition) is 7. The number of rotatable bonds is 19. The molecular formula is C38H49N2O6+. The summed E-state index contributed by atoms with van der Waals surface area (Å²) in [6, 6.07) is 13.6. The molecule has 0 N–H and O–H groups in total. The van der Waals surface area contributed by atoms with Crippen LogP contribution < -0.4 is 9.47 Å². The highest BCUT2D eigenvalue weighted by Gasteiger charge is 2.21. The van der Waals surface area contributed by atoms with Gasteiger partial charge in [-0.15, -0.1) is 0 Å². The van der Waals surface area contributed by atoms with Crippen molar-refractivity contribution in [1.29, 1.82) is 0 Å². The fourth-order valence-electron chi connectivity index (χ4n) is 4.61. The number of unbranched alkanes of at least 4 members (excludes halogenated alkanes) is 5. The summed E-state index contributed by atoms with van der Waals surface area (Å²) in [7, 11) is 6.23. The van der Waals surface area contributed by atoms with E-state index in [1.165, 1.54) is 43.5 Å². The molecule has 1 unspecified atom stereocenters. The molecule has 2 aromatic rings. The van der Waals surface area contributed by atoms with Crippen LogP contribution in [0.3, 0.4) is 0 Å². The normalized spacial score (nSPS) is 15.6. The van der Waals surface area contributed by atoms with Crippen LogP contribution in [0.4, 0.5) is 0 Å². The number of benzene rings is 2. The minimum atomic E-state index is -0.567. The number of carbonyl (C=O) groups excluding carboxylic acids is 2. The second kappa shape index (κ2) is 18.4. The van der Waals surface area contributed by atoms with Crippen molar-refractivity contribution in [2.75, 3.05) is 47.4 Å². The van der Waals surface area contributed by atoms with Crippen LogP contribution in [0.2, 0.25) is 0 Å². The zero-order valence-electron chi connectivity index (χ0n) is 27.8. The largest absolute Gasteiger partial charge is 0.494 e. The summed E-state index contributed by atoms with van der Waals surface area (Å²) in [5, 5.41) is 0. The first-order chi connectivity index (χ1) is 22.1. The fourth-order valence-corrected chi connectivity index (χ4v) is 4.61. The number of ether oxygens (including phenoxy) is 4. The van der Waals surface area contributed by atoms with Gasteiger partial charge in [-0.3, -0.25) is 4.48 Å². The Morgan fingerprint density at radius 3 is 1.76 bits per heavy atom. The van der Waals surface area contributed by atoms with E-state index in [2.05, 4.69) is 50.4 Å². The summed E-state index contributed by atoms with van der Waals surface area (Å²) in [4.78, 5) is 27.2. The lowest BCUT2D eigenvalue weighted by atomic mass is 10.1. The molecule has 3 rings (SSSR count). The van der Waals surface area contributed by atoms with Crippen molar-refractivity contribution >= 4 is 11.9 Å². The second-order valence-corrected chi connectivity index (χ2v) is 11.8. The van der Waals surface area contributed by atoms with E-state index in [1.807, 2.05) is 14.1 Å². The highest BCUT2D eigenvalue weighted by molar-refractivity contribution is 5.91. The second-order valence-electron chi connectivity index (χ2n) is 11.8. The minimum absolute atomic E-state index is 0.0763. The van der Waals surface area contributed by atoms with E-state index in [0.29, 0.717) is 35.8 Å². The van der Waals surface area contributed by atoms with Crippen molar-refractivity contribution < 1.29 is 33.0 Å². The molecule has 8 nitrogen and oxygen atoms in total. The van der Waals surface area contributed by atoms with E-state index >= 15 is 0 Å². The Hall–Kier alpha value is -4.56. The molecule has 8 heteroatoms. The van der Waals surface area contributed by atoms with E-state index < -0.39 is 11.9 Å². The van der Waals surface area contributed by atoms with E-state index in [9.17, 15) is 9.59 Å². The molecule has 0 spiro atoms. The van der Waals surface area contributed by atoms with E-state index in [4.69, 9.17) is 18.9 Å². The van der Waals surface area contributed by atoms with Crippen LogP contribution >= 0.6 is 0 Å². The molecule has 2 aromatic carbocycles. The first-order valence-electron chi connectivity index (χ1n) is 16.0. The topological polar surface area (TPSA) is 74.3 Å². The SMILES string of the molecule is C=C(/C=C\C(=C)OC(=O)c1ccc(OCC[N+]2(C)C=CC(N(C)C)=CC2)cc1)OC(=O)c1ccc(OCCCCCCCC)cc1. The van der Waals surface area contributed by atoms with E-state index in [-0.39, 0.29) is 11.5 Å². The molecule has 0 fully saturated rings. The smallest absolute Gasteiger partial charge is 0.343 e. The molecule has 1 aliphatic rings. The van der Waals surface area contributed by atoms with Crippen molar-refractivity contribution in [3.8, 4) is 11.5 Å². The highest BCUT2D eigenvalue weighted by atomic mass is 16.5. The zero-order valence-corrected chi connectivity index (χ0v) is 27.8. The lowest BCUT2D eigenvalue weighted by Crippen LogP contribution is -2.43. The van der Waals surface area contributed by atoms with E-state index in [0.717, 1.165) is 30.4 Å². The number of hydrogen-bond donors (Lipinski definition) is 0. The first-order valence-corrected chi connectivity index (χ1v) is 16.0. The van der Waals surface area contributed by atoms with Crippen molar-refractivity contribution in [3.05, 3.63) is 121 Å². The third-order valence-electron chi connectivity index (χ3n) is 7.56. The van der Waals surface area contributed by atoms with Gasteiger partial charge in [0.05, 0.1) is 31.0 Å². The van der Waals surface area contributed by atoms with Crippen LogP contribution in [-0.4, -0.2) is 68.8 Å². The highest BCUT2D eigenvalue weighted by Crippen LogP contribution is 2.19. The Bertz CT molecular complexity index is 1410. The van der Waals surface area contributed by atoms with Gasteiger partial charge in [0.1, 0.15) is 42.7 Å². The summed E-state index contributed by atoms with van der Waals surface area (Å²) >= 11 is 0. The van der Waals surface area contributed by atoms with Crippen LogP contribution in [0.25, 0.3) is 0 Å². The summed E-state index contributed by atoms with van der Waals surface area (Å²) in [6.07, 6.45) is 16.6. The van der Waals surface area contributed by atoms with Gasteiger partial charge in [-0.05, 0) is 73.2 Å². The lowest BCUT2D eigenvalue weighted by molar-refractivity contribution is -0.854. The standard InChI is InChI=1S/C38H49N2O6/c1-7-8-9-10-11-12-28-43-35-19-15-32(16-20-35)37(41)45-30(2)13-14-31(3)46-38(42)33-17-21-36(22-18-33)44-29-27-40(6)25-23-34(24-26-40)39(4)5/h13-25H,2-3,7-12,26-29H2,1,4-6H3/q+1/b14-13-. The van der Waals surface area contributed by atoms with Crippen LogP contribution in [-0.2, 0) is 9.47 Å². The van der Waals surface area contributed by atoms with Crippen LogP contribution in [0.5, 0.6) is 11.5 Å². The van der Waals surface area contributed by atoms with Crippen molar-refractivity contribution in [2.45, 2.75) is 45.4 Å². The molecule has 0 saturated carbocycles. The Morgan fingerprint density at radius 2 is 1.28 bits per heavy atom. The molecule has 46 heavy (non-hydrogen) atoms. The summed E-state index contributed by atoms with van der Waals surface area (Å²) in [6.45, 7) is 12.6. The average molecular weight is 630 g/mol. The Kier molecular flexibility index (Phi) is 14.4. The molecule has 0 saturated heterocycles. The summed E-state index contributed by atoms with van der Waals surface area (Å²) in [5.41, 5.74) is 1.92. The van der Waals surface area contributed by atoms with Crippen molar-refractivity contribution in [2.24, 2.45) is 0 Å². The summed E-state index contributed by atoms with van der Waals surface area (Å²) in [5.74, 6) is 0.413. The first kappa shape index (κ1) is 35.9. The Morgan fingerprint density at radius 1 is 0.783 bits per heavy atom. The minimum Gasteiger partial charge on any atom is -0.494 e. The van der Waals surface area contributed by atoms with Crippen molar-refractivity contribution in [3.63, 3.8) is 0 Å². The molecule has 1 aliphatic heterocycles. The molecule has 0 radical (unpaired) electrons. The van der Waals surface area contributed by atoms with Gasteiger partial charge in [0.25, 0.3) is 0 Å². The number of quaternary nitrogens is 1. The van der Waals surface area contributed by atoms with Gasteiger partial charge in [-0.1, -0.05) is 52.2 Å². The third kappa shape index (κ3) is 12.4. The molecule has 1 atom stereocenters. The van der Waals surface area contributed by atoms with Crippen molar-refractivity contribution in [1.82, 2.24) is 4.90 Å². The van der Waals surface area contributed by atoms with Crippen LogP contribution in [0.1, 0.15) is 66.2 Å². The van der Waals surface area contributed by atoms with Gasteiger partial charge >= 0.3 is 11.9 Å². The predicted molar refractivity (Wildman–Crippen MR) is 182 cm³/mol. The molecule has 0 aromatic heterocycles. The molecular weight excluding hydrogens is 580 g/mol. The molecule has 1 heterocycles. The maximum atomic E-state index is 12.6. The number of esters is 2. The zero-order chi connectivity index (χ0) is 33.4. The number of carbonyl (C=O) groups is 2. The Labute approximate surface area is 274 Å². The maximum absolute atomic E-state index is 12.6. The quantitative estimate of drug-likeness (QED) is 0.0516. The number of likely N-dealkylation sites (N-methyl/N-ethyl adjacent to an activating group) is 2. The predicted octanol–water partition coefficient (Wildman–Crippen LogP) is 7.82. The fraction of sp³-hybridized carbons (Fsp3) is 0.368. The third-order valence-corrected chi connectivity index (χ3v) is 7.56. The molecule has 0 bridgehead atoms. The van der Waals surface area contributed by atoms with Crippen LogP contribution in [0, 0.1) is 0 Å². The molecule has 0 aliphatic carbocycles. The number of nitrogens with zero attached hydrogens (tertiary/aromatic N) is 2. The van der Waals surface area contributed by atoms with Gasteiger partial charge in [-0.25, -0.2) is 9.59 Å². The van der Waals surface area contributed by atoms with Gasteiger partial charge in [-0.2, -0.15) is 0 Å². The van der Waals surface area contributed by atoms with Crippen LogP contribution in [0.15, 0.2) is 109 Å². The number of allylic oxidation sites excluding steroid dienone is 3.